The number of esters is 1. The quantitative estimate of drug-likeness (QED) is 0.149. The molecule has 0 radical (unpaired) electrons. The van der Waals surface area contributed by atoms with Gasteiger partial charge < -0.3 is 9.30 Å². The Kier molecular flexibility index (Phi) is 9.37. The number of aromatic nitrogens is 2. The third-order valence-corrected chi connectivity index (χ3v) is 9.98. The van der Waals surface area contributed by atoms with Crippen molar-refractivity contribution in [3.63, 3.8) is 0 Å². The number of para-hydroxylation sites is 1. The summed E-state index contributed by atoms with van der Waals surface area (Å²) in [6, 6.07) is 21.3. The Morgan fingerprint density at radius 2 is 1.80 bits per heavy atom. The highest BCUT2D eigenvalue weighted by Crippen LogP contribution is 2.33. The maximum absolute atomic E-state index is 14.3. The topological polar surface area (TPSA) is 65.6 Å². The average Bonchev–Trinajstić information content (AvgIpc) is 3.54. The Labute approximate surface area is 281 Å². The lowest BCUT2D eigenvalue weighted by atomic mass is 9.92. The Balaban J connectivity index is 1.52. The van der Waals surface area contributed by atoms with Crippen LogP contribution in [-0.4, -0.2) is 21.7 Å². The fraction of sp³-hybridized carbons (Fsp3) is 0.270. The van der Waals surface area contributed by atoms with Crippen molar-refractivity contribution in [2.75, 3.05) is 6.61 Å². The average molecular weight is 673 g/mol. The smallest absolute Gasteiger partial charge is 0.338 e. The number of benzene rings is 3. The lowest BCUT2D eigenvalue weighted by Gasteiger charge is -2.26. The number of rotatable bonds is 9. The summed E-state index contributed by atoms with van der Waals surface area (Å²) in [5.74, 6) is -0.0853. The van der Waals surface area contributed by atoms with Crippen LogP contribution in [0.5, 0.6) is 0 Å². The summed E-state index contributed by atoms with van der Waals surface area (Å²) in [5.41, 5.74) is 5.90. The van der Waals surface area contributed by atoms with Crippen LogP contribution in [0.4, 0.5) is 0 Å². The number of carbonyl (C=O) groups is 1. The molecule has 1 atom stereocenters. The summed E-state index contributed by atoms with van der Waals surface area (Å²) in [6.45, 7) is 8.95. The van der Waals surface area contributed by atoms with Crippen molar-refractivity contribution in [2.45, 2.75) is 59.0 Å². The molecule has 0 amide bonds. The first-order chi connectivity index (χ1) is 22.2. The van der Waals surface area contributed by atoms with Crippen LogP contribution in [0.15, 0.2) is 94.0 Å². The molecule has 0 spiro atoms. The van der Waals surface area contributed by atoms with Crippen LogP contribution in [0, 0.1) is 0 Å². The van der Waals surface area contributed by atoms with Gasteiger partial charge in [-0.2, -0.15) is 0 Å². The largest absolute Gasteiger partial charge is 0.463 e. The lowest BCUT2D eigenvalue weighted by molar-refractivity contribution is -0.139. The van der Waals surface area contributed by atoms with Gasteiger partial charge in [0.2, 0.25) is 0 Å². The van der Waals surface area contributed by atoms with Crippen molar-refractivity contribution in [3.05, 3.63) is 136 Å². The fourth-order valence-corrected chi connectivity index (χ4v) is 7.33. The van der Waals surface area contributed by atoms with Crippen LogP contribution in [0.3, 0.4) is 0 Å². The van der Waals surface area contributed by atoms with Crippen LogP contribution >= 0.6 is 34.5 Å². The minimum Gasteiger partial charge on any atom is -0.463 e. The number of ether oxygens (including phenoxy) is 1. The van der Waals surface area contributed by atoms with Gasteiger partial charge in [0.05, 0.1) is 38.5 Å². The summed E-state index contributed by atoms with van der Waals surface area (Å²) in [7, 11) is 0. The normalized spacial score (nSPS) is 15.0. The molecule has 3 heterocycles. The fourth-order valence-electron chi connectivity index (χ4n) is 6.00. The van der Waals surface area contributed by atoms with E-state index in [0.717, 1.165) is 34.0 Å². The molecule has 5 aromatic rings. The SMILES string of the molecule is CCCC1=C(C(=O)OCC)[C@H](c2ccc(C(C)C)cc2)n2c(s/c(=C/c3cn(Cc4ccc(Cl)c(Cl)c4)c4ccccc34)c2=O)=N1. The van der Waals surface area contributed by atoms with E-state index in [4.69, 9.17) is 32.9 Å². The molecule has 0 saturated carbocycles. The predicted molar refractivity (Wildman–Crippen MR) is 188 cm³/mol. The molecule has 0 bridgehead atoms. The van der Waals surface area contributed by atoms with E-state index in [-0.39, 0.29) is 12.2 Å². The molecular weight excluding hydrogens is 637 g/mol. The number of carbonyl (C=O) groups excluding carboxylic acids is 1. The molecule has 9 heteroatoms. The number of hydrogen-bond donors (Lipinski definition) is 0. The van der Waals surface area contributed by atoms with Gasteiger partial charge in [-0.25, -0.2) is 9.79 Å². The minimum absolute atomic E-state index is 0.194. The van der Waals surface area contributed by atoms with Crippen molar-refractivity contribution >= 4 is 57.5 Å². The highest BCUT2D eigenvalue weighted by molar-refractivity contribution is 7.07. The lowest BCUT2D eigenvalue weighted by Crippen LogP contribution is -2.40. The molecule has 2 aromatic heterocycles. The Morgan fingerprint density at radius 3 is 2.50 bits per heavy atom. The molecule has 6 nitrogen and oxygen atoms in total. The van der Waals surface area contributed by atoms with Crippen molar-refractivity contribution in [1.82, 2.24) is 9.13 Å². The molecule has 236 valence electrons. The van der Waals surface area contributed by atoms with Gasteiger partial charge in [0.1, 0.15) is 0 Å². The molecule has 0 N–H and O–H groups in total. The standard InChI is InChI=1S/C37H35Cl2N3O3S/c1-5-9-30-33(36(44)45-6-2)34(25-15-13-24(14-16-25)22(3)4)42-35(43)32(46-37(42)40-30)19-26-21-41(31-11-8-7-10-27(26)31)20-23-12-17-28(38)29(39)18-23/h7-8,10-19,21-22,34H,5-6,9,20H2,1-4H3/b32-19+/t34-/m0/s1. The van der Waals surface area contributed by atoms with Gasteiger partial charge in [-0.05, 0) is 60.2 Å². The molecule has 1 aliphatic rings. The number of nitrogens with zero attached hydrogens (tertiary/aromatic N) is 3. The van der Waals surface area contributed by atoms with Gasteiger partial charge in [-0.15, -0.1) is 0 Å². The number of thiazole rings is 1. The molecule has 46 heavy (non-hydrogen) atoms. The summed E-state index contributed by atoms with van der Waals surface area (Å²) in [6.07, 6.45) is 5.39. The van der Waals surface area contributed by atoms with E-state index in [9.17, 15) is 9.59 Å². The van der Waals surface area contributed by atoms with Gasteiger partial charge in [0, 0.05) is 29.2 Å². The second-order valence-corrected chi connectivity index (χ2v) is 13.5. The van der Waals surface area contributed by atoms with E-state index in [2.05, 4.69) is 55.8 Å². The van der Waals surface area contributed by atoms with Gasteiger partial charge in [-0.3, -0.25) is 9.36 Å². The molecule has 0 saturated heterocycles. The Morgan fingerprint density at radius 1 is 1.04 bits per heavy atom. The van der Waals surface area contributed by atoms with Gasteiger partial charge >= 0.3 is 5.97 Å². The minimum atomic E-state index is -0.642. The second kappa shape index (κ2) is 13.4. The summed E-state index contributed by atoms with van der Waals surface area (Å²) in [5, 5.41) is 2.05. The summed E-state index contributed by atoms with van der Waals surface area (Å²) in [4.78, 5) is 33.4. The zero-order valence-electron chi connectivity index (χ0n) is 26.2. The molecule has 1 aliphatic heterocycles. The first-order valence-electron chi connectivity index (χ1n) is 15.5. The maximum Gasteiger partial charge on any atom is 0.338 e. The molecule has 3 aromatic carbocycles. The highest BCUT2D eigenvalue weighted by atomic mass is 35.5. The predicted octanol–water partition coefficient (Wildman–Crippen LogP) is 8.01. The van der Waals surface area contributed by atoms with E-state index < -0.39 is 12.0 Å². The Hall–Kier alpha value is -3.91. The van der Waals surface area contributed by atoms with E-state index in [0.29, 0.717) is 49.5 Å². The second-order valence-electron chi connectivity index (χ2n) is 11.7. The van der Waals surface area contributed by atoms with Gasteiger partial charge in [0.25, 0.3) is 5.56 Å². The first-order valence-corrected chi connectivity index (χ1v) is 17.1. The van der Waals surface area contributed by atoms with Crippen LogP contribution in [0.2, 0.25) is 10.0 Å². The monoisotopic (exact) mass is 671 g/mol. The zero-order chi connectivity index (χ0) is 32.5. The zero-order valence-corrected chi connectivity index (χ0v) is 28.5. The molecule has 0 aliphatic carbocycles. The van der Waals surface area contributed by atoms with Crippen LogP contribution in [-0.2, 0) is 16.1 Å². The van der Waals surface area contributed by atoms with E-state index in [1.54, 1.807) is 17.6 Å². The number of hydrogen-bond acceptors (Lipinski definition) is 5. The summed E-state index contributed by atoms with van der Waals surface area (Å²) >= 11 is 13.8. The van der Waals surface area contributed by atoms with Crippen LogP contribution in [0.1, 0.15) is 74.8 Å². The third kappa shape index (κ3) is 6.11. The molecular formula is C37H35Cl2N3O3S. The summed E-state index contributed by atoms with van der Waals surface area (Å²) < 4.78 is 9.91. The number of fused-ring (bicyclic) bond motifs is 2. The van der Waals surface area contributed by atoms with Crippen LogP contribution in [0.25, 0.3) is 17.0 Å². The van der Waals surface area contributed by atoms with Crippen molar-refractivity contribution < 1.29 is 9.53 Å². The first kappa shape index (κ1) is 32.0. The van der Waals surface area contributed by atoms with E-state index >= 15 is 0 Å². The maximum atomic E-state index is 14.3. The van der Waals surface area contributed by atoms with Gasteiger partial charge in [0.15, 0.2) is 4.80 Å². The van der Waals surface area contributed by atoms with Crippen molar-refractivity contribution in [2.24, 2.45) is 4.99 Å². The van der Waals surface area contributed by atoms with E-state index in [1.807, 2.05) is 42.5 Å². The van der Waals surface area contributed by atoms with Crippen molar-refractivity contribution in [3.8, 4) is 0 Å². The van der Waals surface area contributed by atoms with Crippen molar-refractivity contribution in [1.29, 1.82) is 0 Å². The number of halogens is 2. The molecule has 0 unspecified atom stereocenters. The third-order valence-electron chi connectivity index (χ3n) is 8.25. The molecule has 6 rings (SSSR count). The number of allylic oxidation sites excluding steroid dienone is 1. The van der Waals surface area contributed by atoms with Crippen LogP contribution < -0.4 is 14.9 Å². The van der Waals surface area contributed by atoms with Gasteiger partial charge in [-0.1, -0.05) is 110 Å². The van der Waals surface area contributed by atoms with E-state index in [1.165, 1.54) is 16.9 Å². The Bertz CT molecular complexity index is 2160. The molecule has 0 fully saturated rings. The highest BCUT2D eigenvalue weighted by Gasteiger charge is 2.34.